The van der Waals surface area contributed by atoms with Crippen LogP contribution in [0.5, 0.6) is 5.75 Å². The van der Waals surface area contributed by atoms with E-state index in [0.717, 1.165) is 46.7 Å². The minimum atomic E-state index is -0.475. The number of guanidine groups is 1. The van der Waals surface area contributed by atoms with Crippen LogP contribution in [-0.4, -0.2) is 36.4 Å². The summed E-state index contributed by atoms with van der Waals surface area (Å²) in [6, 6.07) is 25.9. The van der Waals surface area contributed by atoms with Gasteiger partial charge in [0.15, 0.2) is 0 Å². The van der Waals surface area contributed by atoms with Crippen LogP contribution < -0.4 is 9.75 Å². The van der Waals surface area contributed by atoms with Gasteiger partial charge >= 0.3 is 5.97 Å². The summed E-state index contributed by atoms with van der Waals surface area (Å²) in [6.07, 6.45) is 1.73. The van der Waals surface area contributed by atoms with Gasteiger partial charge in [-0.1, -0.05) is 54.6 Å². The fraction of sp³-hybridized carbons (Fsp3) is 0.207. The van der Waals surface area contributed by atoms with E-state index in [1.54, 1.807) is 19.0 Å². The Kier molecular flexibility index (Phi) is 5.52. The molecule has 0 saturated carbocycles. The number of carbonyl (C=O) groups excluding carboxylic acids is 1. The Morgan fingerprint density at radius 2 is 1.81 bits per heavy atom. The highest BCUT2D eigenvalue weighted by Crippen LogP contribution is 2.47. The zero-order valence-corrected chi connectivity index (χ0v) is 20.2. The van der Waals surface area contributed by atoms with Crippen LogP contribution in [0.3, 0.4) is 0 Å². The first-order valence-electron chi connectivity index (χ1n) is 12.1. The number of nitrogens with zero attached hydrogens (tertiary/aromatic N) is 4. The summed E-state index contributed by atoms with van der Waals surface area (Å²) < 4.78 is 11.0. The van der Waals surface area contributed by atoms with E-state index in [1.807, 2.05) is 59.5 Å². The maximum Gasteiger partial charge on any atom is 0.376 e. The normalized spacial score (nSPS) is 18.1. The fourth-order valence-corrected chi connectivity index (χ4v) is 5.15. The molecule has 0 bridgehead atoms. The van der Waals surface area contributed by atoms with Gasteiger partial charge < -0.3 is 9.47 Å². The van der Waals surface area contributed by atoms with E-state index in [2.05, 4.69) is 24.3 Å². The number of aryl methyl sites for hydroxylation is 1. The average molecular weight is 479 g/mol. The van der Waals surface area contributed by atoms with E-state index in [4.69, 9.17) is 19.6 Å². The monoisotopic (exact) mass is 478 g/mol. The minimum Gasteiger partial charge on any atom is -0.497 e. The molecule has 1 atom stereocenters. The van der Waals surface area contributed by atoms with Crippen molar-refractivity contribution in [1.29, 1.82) is 0 Å². The van der Waals surface area contributed by atoms with Gasteiger partial charge in [-0.05, 0) is 60.7 Å². The van der Waals surface area contributed by atoms with Gasteiger partial charge in [-0.3, -0.25) is 4.90 Å². The molecule has 0 aromatic heterocycles. The van der Waals surface area contributed by atoms with Crippen molar-refractivity contribution in [3.05, 3.63) is 101 Å². The molecule has 6 rings (SSSR count). The number of fused-ring (bicyclic) bond motifs is 3. The Balaban J connectivity index is 1.59. The number of ether oxygens (including phenoxy) is 2. The fourth-order valence-electron chi connectivity index (χ4n) is 5.15. The third-order valence-electron chi connectivity index (χ3n) is 6.74. The number of aliphatic imine (C=N–C) groups is 1. The molecular formula is C29H26N4O3. The third kappa shape index (κ3) is 3.55. The average Bonchev–Trinajstić information content (AvgIpc) is 3.31. The van der Waals surface area contributed by atoms with Crippen LogP contribution in [0, 0.1) is 0 Å². The van der Waals surface area contributed by atoms with Gasteiger partial charge in [0.1, 0.15) is 5.75 Å². The quantitative estimate of drug-likeness (QED) is 0.474. The lowest BCUT2D eigenvalue weighted by atomic mass is 9.82. The molecule has 1 aliphatic carbocycles. The second-order valence-corrected chi connectivity index (χ2v) is 8.78. The maximum atomic E-state index is 13.2. The van der Waals surface area contributed by atoms with Gasteiger partial charge in [0.25, 0.3) is 0 Å². The van der Waals surface area contributed by atoms with Crippen LogP contribution in [0.25, 0.3) is 5.70 Å². The van der Waals surface area contributed by atoms with Crippen LogP contribution in [0.2, 0.25) is 0 Å². The van der Waals surface area contributed by atoms with Crippen LogP contribution in [-0.2, 0) is 16.0 Å². The van der Waals surface area contributed by atoms with E-state index >= 15 is 0 Å². The van der Waals surface area contributed by atoms with Gasteiger partial charge in [-0.25, -0.2) is 9.79 Å². The second kappa shape index (κ2) is 9.00. The number of hydrazone groups is 1. The molecule has 2 aliphatic heterocycles. The Morgan fingerprint density at radius 3 is 2.61 bits per heavy atom. The summed E-state index contributed by atoms with van der Waals surface area (Å²) in [7, 11) is 1.66. The maximum absolute atomic E-state index is 13.2. The molecule has 0 fully saturated rings. The minimum absolute atomic E-state index is 0.220. The first-order chi connectivity index (χ1) is 17.7. The second-order valence-electron chi connectivity index (χ2n) is 8.78. The smallest absolute Gasteiger partial charge is 0.376 e. The number of amidine groups is 1. The first-order valence-corrected chi connectivity index (χ1v) is 12.1. The SMILES string of the molecule is CCOC(=O)C1=NN(c2ccccc2)C2=NC3=C(CCc4ccccc43)C(c3cccc(OC)c3)N12. The number of benzene rings is 3. The van der Waals surface area contributed by atoms with Crippen molar-refractivity contribution in [3.63, 3.8) is 0 Å². The molecule has 3 aromatic carbocycles. The lowest BCUT2D eigenvalue weighted by Crippen LogP contribution is -2.46. The van der Waals surface area contributed by atoms with E-state index in [-0.39, 0.29) is 18.5 Å². The third-order valence-corrected chi connectivity index (χ3v) is 6.74. The van der Waals surface area contributed by atoms with Crippen LogP contribution in [0.15, 0.2) is 94.5 Å². The standard InChI is InChI=1S/C29H26N4O3/c1-3-36-28(34)27-31-33(21-12-5-4-6-13-21)29-30-25-23-15-8-7-10-19(23)16-17-24(25)26(32(27)29)20-11-9-14-22(18-20)35-2/h4-15,18,26H,3,16-17H2,1-2H3. The molecule has 7 heteroatoms. The molecule has 0 amide bonds. The predicted octanol–water partition coefficient (Wildman–Crippen LogP) is 5.16. The molecule has 3 aromatic rings. The van der Waals surface area contributed by atoms with E-state index in [9.17, 15) is 4.79 Å². The van der Waals surface area contributed by atoms with Gasteiger partial charge in [0.05, 0.1) is 31.1 Å². The van der Waals surface area contributed by atoms with E-state index in [0.29, 0.717) is 5.96 Å². The van der Waals surface area contributed by atoms with E-state index < -0.39 is 5.97 Å². The number of carbonyl (C=O) groups is 1. The highest BCUT2D eigenvalue weighted by Gasteiger charge is 2.46. The lowest BCUT2D eigenvalue weighted by Gasteiger charge is -2.39. The van der Waals surface area contributed by atoms with Gasteiger partial charge in [-0.2, -0.15) is 5.01 Å². The summed E-state index contributed by atoms with van der Waals surface area (Å²) in [5.41, 5.74) is 6.30. The number of esters is 1. The Labute approximate surface area is 210 Å². The zero-order valence-electron chi connectivity index (χ0n) is 20.2. The Morgan fingerprint density at radius 1 is 1.00 bits per heavy atom. The van der Waals surface area contributed by atoms with Crippen molar-refractivity contribution in [3.8, 4) is 5.75 Å². The number of para-hydroxylation sites is 1. The highest BCUT2D eigenvalue weighted by molar-refractivity contribution is 6.41. The van der Waals surface area contributed by atoms with Gasteiger partial charge in [0.2, 0.25) is 11.8 Å². The predicted molar refractivity (Wildman–Crippen MR) is 140 cm³/mol. The molecule has 1 unspecified atom stereocenters. The summed E-state index contributed by atoms with van der Waals surface area (Å²) in [4.78, 5) is 20.3. The van der Waals surface area contributed by atoms with Crippen molar-refractivity contribution in [2.24, 2.45) is 10.1 Å². The molecule has 3 aliphatic rings. The number of anilines is 1. The summed E-state index contributed by atoms with van der Waals surface area (Å²) in [5, 5.41) is 6.50. The number of methoxy groups -OCH3 is 1. The molecule has 0 spiro atoms. The molecule has 0 radical (unpaired) electrons. The first kappa shape index (κ1) is 22.1. The van der Waals surface area contributed by atoms with Crippen LogP contribution in [0.1, 0.15) is 36.1 Å². The van der Waals surface area contributed by atoms with Crippen molar-refractivity contribution >= 4 is 29.1 Å². The van der Waals surface area contributed by atoms with Gasteiger partial charge in [0, 0.05) is 5.56 Å². The molecule has 36 heavy (non-hydrogen) atoms. The van der Waals surface area contributed by atoms with Crippen LogP contribution >= 0.6 is 0 Å². The summed E-state index contributed by atoms with van der Waals surface area (Å²) >= 11 is 0. The van der Waals surface area contributed by atoms with Gasteiger partial charge in [-0.15, -0.1) is 5.10 Å². The van der Waals surface area contributed by atoms with E-state index in [1.165, 1.54) is 5.56 Å². The zero-order chi connectivity index (χ0) is 24.6. The summed E-state index contributed by atoms with van der Waals surface area (Å²) in [5.74, 6) is 1.07. The number of rotatable bonds is 5. The number of hydrogen-bond donors (Lipinski definition) is 0. The Bertz CT molecular complexity index is 1430. The number of hydrogen-bond acceptors (Lipinski definition) is 7. The highest BCUT2D eigenvalue weighted by atomic mass is 16.5. The molecule has 2 heterocycles. The topological polar surface area (TPSA) is 66.7 Å². The van der Waals surface area contributed by atoms with Crippen molar-refractivity contribution in [1.82, 2.24) is 4.90 Å². The lowest BCUT2D eigenvalue weighted by molar-refractivity contribution is -0.135. The van der Waals surface area contributed by atoms with Crippen LogP contribution in [0.4, 0.5) is 5.69 Å². The molecule has 180 valence electrons. The molecular weight excluding hydrogens is 452 g/mol. The molecule has 7 nitrogen and oxygen atoms in total. The largest absolute Gasteiger partial charge is 0.497 e. The summed E-state index contributed by atoms with van der Waals surface area (Å²) in [6.45, 7) is 2.06. The Hall–Kier alpha value is -4.39. The van der Waals surface area contributed by atoms with Crippen molar-refractivity contribution in [2.75, 3.05) is 18.7 Å². The van der Waals surface area contributed by atoms with Crippen molar-refractivity contribution < 1.29 is 14.3 Å². The molecule has 0 saturated heterocycles. The van der Waals surface area contributed by atoms with Crippen molar-refractivity contribution in [2.45, 2.75) is 25.8 Å². The molecule has 0 N–H and O–H groups in total.